The van der Waals surface area contributed by atoms with Crippen LogP contribution in [-0.2, 0) is 16.1 Å². The molecule has 0 atom stereocenters. The zero-order chi connectivity index (χ0) is 26.5. The topological polar surface area (TPSA) is 119 Å². The van der Waals surface area contributed by atoms with Crippen molar-refractivity contribution in [3.8, 4) is 5.75 Å². The minimum atomic E-state index is -0.544. The lowest BCUT2D eigenvalue weighted by Crippen LogP contribution is -2.27. The maximum Gasteiger partial charge on any atom is 0.293 e. The number of thioether (sulfide) groups is 1. The van der Waals surface area contributed by atoms with Gasteiger partial charge in [0.15, 0.2) is 6.61 Å². The van der Waals surface area contributed by atoms with Gasteiger partial charge < -0.3 is 10.1 Å². The molecule has 0 unspecified atom stereocenters. The minimum Gasteiger partial charge on any atom is -0.484 e. The number of hydrogen-bond donors (Lipinski definition) is 1. The molecule has 1 aliphatic heterocycles. The molecule has 0 saturated carbocycles. The van der Waals surface area contributed by atoms with Gasteiger partial charge in [0.25, 0.3) is 22.7 Å². The molecule has 0 radical (unpaired) electrons. The highest BCUT2D eigenvalue weighted by atomic mass is 32.2. The average molecular weight is 518 g/mol. The van der Waals surface area contributed by atoms with Crippen LogP contribution in [0.2, 0.25) is 0 Å². The molecule has 1 heterocycles. The van der Waals surface area contributed by atoms with E-state index in [0.717, 1.165) is 33.5 Å². The number of imide groups is 1. The van der Waals surface area contributed by atoms with Crippen LogP contribution in [-0.4, -0.2) is 33.5 Å². The fraction of sp³-hybridized carbons (Fsp3) is 0.148. The molecular formula is C27H23N3O6S. The fourth-order valence-corrected chi connectivity index (χ4v) is 4.53. The summed E-state index contributed by atoms with van der Waals surface area (Å²) in [6.45, 7) is 3.49. The maximum absolute atomic E-state index is 12.9. The number of amides is 3. The van der Waals surface area contributed by atoms with Gasteiger partial charge in [-0.3, -0.25) is 29.4 Å². The van der Waals surface area contributed by atoms with E-state index in [9.17, 15) is 24.5 Å². The van der Waals surface area contributed by atoms with Gasteiger partial charge in [0, 0.05) is 17.3 Å². The molecule has 4 rings (SSSR count). The van der Waals surface area contributed by atoms with Crippen molar-refractivity contribution in [1.82, 2.24) is 4.90 Å². The first-order valence-corrected chi connectivity index (χ1v) is 12.1. The Bertz CT molecular complexity index is 1440. The number of nitrogens with one attached hydrogen (secondary N) is 1. The van der Waals surface area contributed by atoms with Crippen LogP contribution in [0.3, 0.4) is 0 Å². The number of carbonyl (C=O) groups is 3. The van der Waals surface area contributed by atoms with Gasteiger partial charge in [-0.2, -0.15) is 0 Å². The Labute approximate surface area is 217 Å². The van der Waals surface area contributed by atoms with E-state index in [-0.39, 0.29) is 35.2 Å². The Balaban J connectivity index is 1.42. The number of rotatable bonds is 8. The summed E-state index contributed by atoms with van der Waals surface area (Å²) >= 11 is 0.762. The lowest BCUT2D eigenvalue weighted by atomic mass is 10.1. The van der Waals surface area contributed by atoms with Crippen LogP contribution < -0.4 is 10.1 Å². The highest BCUT2D eigenvalue weighted by Crippen LogP contribution is 2.34. The molecule has 1 fully saturated rings. The van der Waals surface area contributed by atoms with E-state index in [1.165, 1.54) is 18.2 Å². The van der Waals surface area contributed by atoms with E-state index in [0.29, 0.717) is 11.3 Å². The van der Waals surface area contributed by atoms with Crippen molar-refractivity contribution in [3.63, 3.8) is 0 Å². The Morgan fingerprint density at radius 3 is 2.62 bits per heavy atom. The predicted octanol–water partition coefficient (Wildman–Crippen LogP) is 5.47. The van der Waals surface area contributed by atoms with Gasteiger partial charge in [0.1, 0.15) is 5.75 Å². The van der Waals surface area contributed by atoms with E-state index in [1.807, 2.05) is 32.0 Å². The summed E-state index contributed by atoms with van der Waals surface area (Å²) in [5.74, 6) is -0.424. The lowest BCUT2D eigenvalue weighted by Gasteiger charge is -2.12. The molecule has 1 N–H and O–H groups in total. The van der Waals surface area contributed by atoms with Crippen molar-refractivity contribution >= 4 is 46.3 Å². The first kappa shape index (κ1) is 25.6. The Morgan fingerprint density at radius 1 is 1.08 bits per heavy atom. The number of aryl methyl sites for hydroxylation is 1. The van der Waals surface area contributed by atoms with E-state index >= 15 is 0 Å². The summed E-state index contributed by atoms with van der Waals surface area (Å²) in [6.07, 6.45) is 1.55. The number of nitrogens with zero attached hydrogens (tertiary/aromatic N) is 2. The molecule has 0 spiro atoms. The molecular weight excluding hydrogens is 494 g/mol. The molecule has 1 saturated heterocycles. The van der Waals surface area contributed by atoms with Gasteiger partial charge in [-0.15, -0.1) is 0 Å². The fourth-order valence-electron chi connectivity index (χ4n) is 3.70. The first-order valence-electron chi connectivity index (χ1n) is 11.3. The second-order valence-electron chi connectivity index (χ2n) is 8.31. The molecule has 0 bridgehead atoms. The molecule has 3 aromatic rings. The van der Waals surface area contributed by atoms with Crippen molar-refractivity contribution in [2.75, 3.05) is 11.9 Å². The highest BCUT2D eigenvalue weighted by molar-refractivity contribution is 8.18. The summed E-state index contributed by atoms with van der Waals surface area (Å²) in [5.41, 5.74) is 3.48. The van der Waals surface area contributed by atoms with Gasteiger partial charge in [0.05, 0.1) is 16.4 Å². The third-order valence-corrected chi connectivity index (χ3v) is 6.70. The lowest BCUT2D eigenvalue weighted by molar-refractivity contribution is -0.385. The van der Waals surface area contributed by atoms with Gasteiger partial charge in [-0.1, -0.05) is 42.5 Å². The Morgan fingerprint density at radius 2 is 1.84 bits per heavy atom. The van der Waals surface area contributed by atoms with Crippen LogP contribution in [0.1, 0.15) is 22.3 Å². The molecule has 3 aromatic carbocycles. The van der Waals surface area contributed by atoms with Crippen LogP contribution in [0.5, 0.6) is 5.75 Å². The van der Waals surface area contributed by atoms with E-state index < -0.39 is 16.1 Å². The first-order chi connectivity index (χ1) is 17.7. The quantitative estimate of drug-likeness (QED) is 0.239. The third-order valence-electron chi connectivity index (χ3n) is 5.79. The van der Waals surface area contributed by atoms with E-state index in [1.54, 1.807) is 36.4 Å². The SMILES string of the molecule is Cc1cccc(NC(=O)COc2cccc(/C=C3\SC(=O)N(Cc4ccccc4[N+](=O)[O-])C3=O)c2)c1C. The van der Waals surface area contributed by atoms with E-state index in [4.69, 9.17) is 4.74 Å². The number of benzene rings is 3. The van der Waals surface area contributed by atoms with Crippen molar-refractivity contribution in [2.24, 2.45) is 0 Å². The molecule has 0 aromatic heterocycles. The van der Waals surface area contributed by atoms with Gasteiger partial charge in [-0.25, -0.2) is 0 Å². The molecule has 188 valence electrons. The second kappa shape index (κ2) is 11.1. The largest absolute Gasteiger partial charge is 0.484 e. The summed E-state index contributed by atoms with van der Waals surface area (Å²) < 4.78 is 5.62. The number of nitro benzene ring substituents is 1. The Kier molecular flexibility index (Phi) is 7.69. The predicted molar refractivity (Wildman–Crippen MR) is 141 cm³/mol. The molecule has 9 nitrogen and oxygen atoms in total. The monoisotopic (exact) mass is 517 g/mol. The standard InChI is InChI=1S/C27H23N3O6S/c1-17-7-5-11-22(18(17)2)28-25(31)16-36-21-10-6-8-19(13-21)14-24-26(32)29(27(33)37-24)15-20-9-3-4-12-23(20)30(34)35/h3-14H,15-16H2,1-2H3,(H,28,31)/b24-14-. The smallest absolute Gasteiger partial charge is 0.293 e. The number of carbonyl (C=O) groups excluding carboxylic acids is 3. The summed E-state index contributed by atoms with van der Waals surface area (Å²) in [6, 6.07) is 18.4. The molecule has 0 aliphatic carbocycles. The number of hydrogen-bond acceptors (Lipinski definition) is 7. The number of para-hydroxylation sites is 1. The van der Waals surface area contributed by atoms with Gasteiger partial charge in [0.2, 0.25) is 0 Å². The van der Waals surface area contributed by atoms with Crippen LogP contribution in [0.4, 0.5) is 16.2 Å². The zero-order valence-electron chi connectivity index (χ0n) is 20.1. The molecule has 3 amide bonds. The Hall–Kier alpha value is -4.44. The van der Waals surface area contributed by atoms with Gasteiger partial charge in [-0.05, 0) is 66.6 Å². The van der Waals surface area contributed by atoms with Crippen LogP contribution >= 0.6 is 11.8 Å². The van der Waals surface area contributed by atoms with Crippen LogP contribution in [0.15, 0.2) is 71.6 Å². The van der Waals surface area contributed by atoms with Crippen molar-refractivity contribution in [2.45, 2.75) is 20.4 Å². The number of ether oxygens (including phenoxy) is 1. The minimum absolute atomic E-state index is 0.156. The number of anilines is 1. The number of nitro groups is 1. The van der Waals surface area contributed by atoms with Crippen LogP contribution in [0.25, 0.3) is 6.08 Å². The van der Waals surface area contributed by atoms with Crippen LogP contribution in [0, 0.1) is 24.0 Å². The molecule has 10 heteroatoms. The highest BCUT2D eigenvalue weighted by Gasteiger charge is 2.36. The third kappa shape index (κ3) is 6.04. The van der Waals surface area contributed by atoms with Gasteiger partial charge >= 0.3 is 0 Å². The summed E-state index contributed by atoms with van der Waals surface area (Å²) in [4.78, 5) is 49.7. The summed E-state index contributed by atoms with van der Waals surface area (Å²) in [7, 11) is 0. The van der Waals surface area contributed by atoms with Crippen molar-refractivity contribution in [3.05, 3.63) is 104 Å². The van der Waals surface area contributed by atoms with E-state index in [2.05, 4.69) is 5.32 Å². The molecule has 37 heavy (non-hydrogen) atoms. The maximum atomic E-state index is 12.9. The zero-order valence-corrected chi connectivity index (χ0v) is 20.9. The second-order valence-corrected chi connectivity index (χ2v) is 9.30. The molecule has 1 aliphatic rings. The average Bonchev–Trinajstić information content (AvgIpc) is 3.13. The normalized spacial score (nSPS) is 14.2. The summed E-state index contributed by atoms with van der Waals surface area (Å²) in [5, 5.41) is 13.6. The van der Waals surface area contributed by atoms with Crippen molar-refractivity contribution < 1.29 is 24.0 Å². The van der Waals surface area contributed by atoms with Crippen molar-refractivity contribution in [1.29, 1.82) is 0 Å².